The fourth-order valence-corrected chi connectivity index (χ4v) is 1.79. The SMILES string of the molecule is CCOc1ccc(C(=O)N/N=C\c2ccc(OC)cc2)cc1. The summed E-state index contributed by atoms with van der Waals surface area (Å²) in [6, 6.07) is 14.3. The van der Waals surface area contributed by atoms with E-state index in [1.54, 1.807) is 37.6 Å². The normalized spacial score (nSPS) is 10.5. The van der Waals surface area contributed by atoms with Gasteiger partial charge in [-0.1, -0.05) is 0 Å². The first-order valence-corrected chi connectivity index (χ1v) is 6.93. The van der Waals surface area contributed by atoms with Crippen molar-refractivity contribution in [1.82, 2.24) is 5.43 Å². The Kier molecular flexibility index (Phi) is 5.54. The summed E-state index contributed by atoms with van der Waals surface area (Å²) in [4.78, 5) is 11.9. The second-order valence-electron chi connectivity index (χ2n) is 4.43. The van der Waals surface area contributed by atoms with Gasteiger partial charge in [-0.25, -0.2) is 5.43 Å². The number of hydrogen-bond donors (Lipinski definition) is 1. The Morgan fingerprint density at radius 2 is 1.73 bits per heavy atom. The second-order valence-corrected chi connectivity index (χ2v) is 4.43. The highest BCUT2D eigenvalue weighted by Crippen LogP contribution is 2.12. The predicted octanol–water partition coefficient (Wildman–Crippen LogP) is 2.86. The summed E-state index contributed by atoms with van der Waals surface area (Å²) in [5.41, 5.74) is 3.88. The number of nitrogens with zero attached hydrogens (tertiary/aromatic N) is 1. The third-order valence-corrected chi connectivity index (χ3v) is 2.92. The Hall–Kier alpha value is -2.82. The molecule has 2 aromatic carbocycles. The van der Waals surface area contributed by atoms with E-state index in [9.17, 15) is 4.79 Å². The van der Waals surface area contributed by atoms with Crippen molar-refractivity contribution < 1.29 is 14.3 Å². The number of ether oxygens (including phenoxy) is 2. The molecule has 1 amide bonds. The van der Waals surface area contributed by atoms with E-state index in [2.05, 4.69) is 10.5 Å². The maximum Gasteiger partial charge on any atom is 0.271 e. The number of methoxy groups -OCH3 is 1. The lowest BCUT2D eigenvalue weighted by Crippen LogP contribution is -2.17. The topological polar surface area (TPSA) is 59.9 Å². The molecule has 114 valence electrons. The lowest BCUT2D eigenvalue weighted by Gasteiger charge is -2.04. The van der Waals surface area contributed by atoms with E-state index in [0.717, 1.165) is 17.1 Å². The van der Waals surface area contributed by atoms with Crippen molar-refractivity contribution in [3.8, 4) is 11.5 Å². The minimum Gasteiger partial charge on any atom is -0.497 e. The fourth-order valence-electron chi connectivity index (χ4n) is 1.79. The lowest BCUT2D eigenvalue weighted by molar-refractivity contribution is 0.0955. The molecule has 5 heteroatoms. The van der Waals surface area contributed by atoms with Crippen LogP contribution in [0.2, 0.25) is 0 Å². The molecule has 0 fully saturated rings. The van der Waals surface area contributed by atoms with E-state index < -0.39 is 0 Å². The van der Waals surface area contributed by atoms with Crippen molar-refractivity contribution in [3.05, 3.63) is 59.7 Å². The van der Waals surface area contributed by atoms with E-state index in [-0.39, 0.29) is 5.91 Å². The van der Waals surface area contributed by atoms with Crippen LogP contribution in [-0.2, 0) is 0 Å². The van der Waals surface area contributed by atoms with E-state index in [4.69, 9.17) is 9.47 Å². The third kappa shape index (κ3) is 4.34. The first kappa shape index (κ1) is 15.6. The quantitative estimate of drug-likeness (QED) is 0.659. The van der Waals surface area contributed by atoms with Gasteiger partial charge >= 0.3 is 0 Å². The molecule has 22 heavy (non-hydrogen) atoms. The molecular formula is C17H18N2O3. The predicted molar refractivity (Wildman–Crippen MR) is 85.7 cm³/mol. The van der Waals surface area contributed by atoms with Gasteiger partial charge < -0.3 is 9.47 Å². The van der Waals surface area contributed by atoms with Crippen LogP contribution in [-0.4, -0.2) is 25.8 Å². The van der Waals surface area contributed by atoms with Gasteiger partial charge in [0.25, 0.3) is 5.91 Å². The van der Waals surface area contributed by atoms with Crippen molar-refractivity contribution in [3.63, 3.8) is 0 Å². The van der Waals surface area contributed by atoms with Crippen molar-refractivity contribution in [2.24, 2.45) is 5.10 Å². The van der Waals surface area contributed by atoms with Crippen molar-refractivity contribution in [1.29, 1.82) is 0 Å². The molecular weight excluding hydrogens is 280 g/mol. The summed E-state index contributed by atoms with van der Waals surface area (Å²) < 4.78 is 10.4. The molecule has 0 heterocycles. The summed E-state index contributed by atoms with van der Waals surface area (Å²) in [5, 5.41) is 3.94. The van der Waals surface area contributed by atoms with Crippen molar-refractivity contribution in [2.75, 3.05) is 13.7 Å². The first-order chi connectivity index (χ1) is 10.7. The highest BCUT2D eigenvalue weighted by molar-refractivity contribution is 5.95. The van der Waals surface area contributed by atoms with Crippen LogP contribution in [0.3, 0.4) is 0 Å². The molecule has 0 aliphatic rings. The molecule has 2 rings (SSSR count). The summed E-state index contributed by atoms with van der Waals surface area (Å²) in [7, 11) is 1.61. The molecule has 0 radical (unpaired) electrons. The van der Waals surface area contributed by atoms with Crippen molar-refractivity contribution in [2.45, 2.75) is 6.92 Å². The Morgan fingerprint density at radius 3 is 2.32 bits per heavy atom. The monoisotopic (exact) mass is 298 g/mol. The summed E-state index contributed by atoms with van der Waals surface area (Å²) in [6.45, 7) is 2.51. The van der Waals surface area contributed by atoms with Crippen LogP contribution in [0.1, 0.15) is 22.8 Å². The molecule has 2 aromatic rings. The highest BCUT2D eigenvalue weighted by atomic mass is 16.5. The van der Waals surface area contributed by atoms with Crippen LogP contribution in [0, 0.1) is 0 Å². The smallest absolute Gasteiger partial charge is 0.271 e. The molecule has 0 aromatic heterocycles. The minimum atomic E-state index is -0.271. The zero-order valence-electron chi connectivity index (χ0n) is 12.6. The Bertz CT molecular complexity index is 634. The number of benzene rings is 2. The van der Waals surface area contributed by atoms with E-state index >= 15 is 0 Å². The zero-order chi connectivity index (χ0) is 15.8. The highest BCUT2D eigenvalue weighted by Gasteiger charge is 2.03. The second kappa shape index (κ2) is 7.83. The average Bonchev–Trinajstić information content (AvgIpc) is 2.56. The van der Waals surface area contributed by atoms with Crippen LogP contribution in [0.5, 0.6) is 11.5 Å². The maximum atomic E-state index is 11.9. The van der Waals surface area contributed by atoms with E-state index in [0.29, 0.717) is 12.2 Å². The van der Waals surface area contributed by atoms with Gasteiger partial charge in [-0.05, 0) is 61.0 Å². The molecule has 0 saturated carbocycles. The number of carbonyl (C=O) groups excluding carboxylic acids is 1. The number of carbonyl (C=O) groups is 1. The van der Waals surface area contributed by atoms with Gasteiger partial charge in [0.2, 0.25) is 0 Å². The Morgan fingerprint density at radius 1 is 1.09 bits per heavy atom. The lowest BCUT2D eigenvalue weighted by atomic mass is 10.2. The van der Waals surface area contributed by atoms with E-state index in [1.165, 1.54) is 0 Å². The number of hydrazone groups is 1. The van der Waals surface area contributed by atoms with Crippen LogP contribution in [0.15, 0.2) is 53.6 Å². The minimum absolute atomic E-state index is 0.271. The van der Waals surface area contributed by atoms with Gasteiger partial charge in [-0.3, -0.25) is 4.79 Å². The first-order valence-electron chi connectivity index (χ1n) is 6.93. The van der Waals surface area contributed by atoms with Gasteiger partial charge in [0.15, 0.2) is 0 Å². The Balaban J connectivity index is 1.92. The molecule has 5 nitrogen and oxygen atoms in total. The number of hydrogen-bond acceptors (Lipinski definition) is 4. The largest absolute Gasteiger partial charge is 0.497 e. The van der Waals surface area contributed by atoms with E-state index in [1.807, 2.05) is 31.2 Å². The third-order valence-electron chi connectivity index (χ3n) is 2.92. The van der Waals surface area contributed by atoms with Crippen LogP contribution in [0.25, 0.3) is 0 Å². The Labute approximate surface area is 129 Å². The molecule has 0 spiro atoms. The molecule has 0 bridgehead atoms. The number of nitrogens with one attached hydrogen (secondary N) is 1. The van der Waals surface area contributed by atoms with Gasteiger partial charge in [0.05, 0.1) is 19.9 Å². The average molecular weight is 298 g/mol. The maximum absolute atomic E-state index is 11.9. The fraction of sp³-hybridized carbons (Fsp3) is 0.176. The van der Waals surface area contributed by atoms with Crippen LogP contribution >= 0.6 is 0 Å². The number of amides is 1. The van der Waals surface area contributed by atoms with Gasteiger partial charge in [0.1, 0.15) is 11.5 Å². The summed E-state index contributed by atoms with van der Waals surface area (Å²) >= 11 is 0. The van der Waals surface area contributed by atoms with Gasteiger partial charge in [-0.15, -0.1) is 0 Å². The molecule has 0 aliphatic carbocycles. The summed E-state index contributed by atoms with van der Waals surface area (Å²) in [6.07, 6.45) is 1.58. The molecule has 0 atom stereocenters. The van der Waals surface area contributed by atoms with Gasteiger partial charge in [0, 0.05) is 5.56 Å². The molecule has 1 N–H and O–H groups in total. The van der Waals surface area contributed by atoms with Crippen LogP contribution in [0.4, 0.5) is 0 Å². The van der Waals surface area contributed by atoms with Crippen LogP contribution < -0.4 is 14.9 Å². The molecule has 0 saturated heterocycles. The molecule has 0 unspecified atom stereocenters. The zero-order valence-corrected chi connectivity index (χ0v) is 12.6. The number of rotatable bonds is 6. The van der Waals surface area contributed by atoms with Crippen molar-refractivity contribution >= 4 is 12.1 Å². The molecule has 0 aliphatic heterocycles. The summed E-state index contributed by atoms with van der Waals surface area (Å²) in [5.74, 6) is 1.24. The van der Waals surface area contributed by atoms with Gasteiger partial charge in [-0.2, -0.15) is 5.10 Å². The standard InChI is InChI=1S/C17H18N2O3/c1-3-22-16-10-6-14(7-11-16)17(20)19-18-12-13-4-8-15(21-2)9-5-13/h4-12H,3H2,1-2H3,(H,19,20)/b18-12-.